The summed E-state index contributed by atoms with van der Waals surface area (Å²) in [7, 11) is 0. The Hall–Kier alpha value is 0.230. The highest BCUT2D eigenvalue weighted by Crippen LogP contribution is 2.33. The second-order valence-electron chi connectivity index (χ2n) is 4.72. The van der Waals surface area contributed by atoms with E-state index in [-0.39, 0.29) is 0 Å². The van der Waals surface area contributed by atoms with Gasteiger partial charge < -0.3 is 15.7 Å². The van der Waals surface area contributed by atoms with Crippen molar-refractivity contribution < 1.29 is 5.11 Å². The van der Waals surface area contributed by atoms with Gasteiger partial charge in [0.2, 0.25) is 0 Å². The van der Waals surface area contributed by atoms with Crippen molar-refractivity contribution in [2.75, 3.05) is 39.0 Å². The topological polar surface area (TPSA) is 49.5 Å². The molecule has 0 aromatic carbocycles. The Morgan fingerprint density at radius 2 is 1.94 bits per heavy atom. The first-order valence-corrected chi connectivity index (χ1v) is 7.57. The molecule has 0 aromatic heterocycles. The number of nitrogens with two attached hydrogens (primary N) is 1. The third kappa shape index (κ3) is 4.24. The molecule has 1 heterocycles. The standard InChI is InChI=1S/C12H26N2OS/c1-16-12(11-13)5-8-14(9-6-12)7-3-2-4-10-15/h15H,2-11,13H2,1H3. The molecule has 0 unspecified atom stereocenters. The number of hydrogen-bond acceptors (Lipinski definition) is 4. The van der Waals surface area contributed by atoms with Crippen LogP contribution >= 0.6 is 11.8 Å². The fraction of sp³-hybridized carbons (Fsp3) is 1.00. The second kappa shape index (κ2) is 7.54. The Balaban J connectivity index is 2.16. The van der Waals surface area contributed by atoms with Crippen LogP contribution in [0.1, 0.15) is 32.1 Å². The molecule has 0 aliphatic carbocycles. The lowest BCUT2D eigenvalue weighted by atomic mass is 9.95. The molecule has 3 N–H and O–H groups in total. The number of likely N-dealkylation sites (tertiary alicyclic amines) is 1. The van der Waals surface area contributed by atoms with Gasteiger partial charge in [-0.1, -0.05) is 0 Å². The fourth-order valence-corrected chi connectivity index (χ4v) is 3.06. The lowest BCUT2D eigenvalue weighted by Crippen LogP contribution is -2.46. The van der Waals surface area contributed by atoms with E-state index >= 15 is 0 Å². The first-order valence-electron chi connectivity index (χ1n) is 6.35. The summed E-state index contributed by atoms with van der Waals surface area (Å²) in [6, 6.07) is 0. The molecule has 0 atom stereocenters. The van der Waals surface area contributed by atoms with Crippen molar-refractivity contribution in [2.24, 2.45) is 5.73 Å². The molecule has 0 saturated carbocycles. The van der Waals surface area contributed by atoms with E-state index in [0.717, 1.165) is 19.4 Å². The van der Waals surface area contributed by atoms with Crippen molar-refractivity contribution in [3.05, 3.63) is 0 Å². The van der Waals surface area contributed by atoms with Crippen LogP contribution in [0.3, 0.4) is 0 Å². The van der Waals surface area contributed by atoms with Crippen molar-refractivity contribution >= 4 is 11.8 Å². The van der Waals surface area contributed by atoms with Crippen LogP contribution in [-0.2, 0) is 0 Å². The summed E-state index contributed by atoms with van der Waals surface area (Å²) < 4.78 is 0.349. The molecule has 1 aliphatic heterocycles. The van der Waals surface area contributed by atoms with Gasteiger partial charge in [0.05, 0.1) is 0 Å². The summed E-state index contributed by atoms with van der Waals surface area (Å²) in [6.07, 6.45) is 7.96. The zero-order valence-electron chi connectivity index (χ0n) is 10.5. The van der Waals surface area contributed by atoms with Gasteiger partial charge in [0.1, 0.15) is 0 Å². The van der Waals surface area contributed by atoms with E-state index in [4.69, 9.17) is 10.8 Å². The molecule has 0 spiro atoms. The Kier molecular flexibility index (Phi) is 6.73. The number of unbranched alkanes of at least 4 members (excludes halogenated alkanes) is 2. The van der Waals surface area contributed by atoms with Crippen molar-refractivity contribution in [1.82, 2.24) is 4.90 Å². The van der Waals surface area contributed by atoms with Crippen molar-refractivity contribution in [2.45, 2.75) is 36.9 Å². The predicted octanol–water partition coefficient (Wildman–Crippen LogP) is 1.31. The average molecular weight is 246 g/mol. The number of aliphatic hydroxyl groups excluding tert-OH is 1. The molecule has 0 radical (unpaired) electrons. The van der Waals surface area contributed by atoms with Crippen LogP contribution in [-0.4, -0.2) is 53.8 Å². The molecule has 4 heteroatoms. The third-order valence-corrected chi connectivity index (χ3v) is 5.15. The predicted molar refractivity (Wildman–Crippen MR) is 71.9 cm³/mol. The molecule has 1 aliphatic rings. The number of nitrogens with zero attached hydrogens (tertiary/aromatic N) is 1. The van der Waals surface area contributed by atoms with Gasteiger partial charge in [-0.25, -0.2) is 0 Å². The Morgan fingerprint density at radius 1 is 1.25 bits per heavy atom. The van der Waals surface area contributed by atoms with E-state index in [9.17, 15) is 0 Å². The summed E-state index contributed by atoms with van der Waals surface area (Å²) in [5.74, 6) is 0. The van der Waals surface area contributed by atoms with Gasteiger partial charge in [0.15, 0.2) is 0 Å². The zero-order valence-corrected chi connectivity index (χ0v) is 11.3. The molecule has 1 rings (SSSR count). The Morgan fingerprint density at radius 3 is 2.44 bits per heavy atom. The molecule has 0 aromatic rings. The van der Waals surface area contributed by atoms with Gasteiger partial charge in [0, 0.05) is 17.9 Å². The Bertz CT molecular complexity index is 176. The first kappa shape index (κ1) is 14.3. The van der Waals surface area contributed by atoms with E-state index in [1.165, 1.54) is 38.9 Å². The highest BCUT2D eigenvalue weighted by atomic mass is 32.2. The number of piperidine rings is 1. The molecule has 3 nitrogen and oxygen atoms in total. The number of rotatable bonds is 7. The lowest BCUT2D eigenvalue weighted by Gasteiger charge is -2.40. The van der Waals surface area contributed by atoms with Crippen LogP contribution < -0.4 is 5.73 Å². The van der Waals surface area contributed by atoms with E-state index < -0.39 is 0 Å². The van der Waals surface area contributed by atoms with Gasteiger partial charge in [-0.2, -0.15) is 11.8 Å². The zero-order chi connectivity index (χ0) is 11.9. The van der Waals surface area contributed by atoms with Crippen LogP contribution in [0.25, 0.3) is 0 Å². The Labute approximate surface area is 104 Å². The van der Waals surface area contributed by atoms with Gasteiger partial charge in [-0.3, -0.25) is 0 Å². The molecule has 16 heavy (non-hydrogen) atoms. The highest BCUT2D eigenvalue weighted by Gasteiger charge is 2.32. The van der Waals surface area contributed by atoms with E-state index in [1.807, 2.05) is 11.8 Å². The van der Waals surface area contributed by atoms with Crippen LogP contribution in [0.15, 0.2) is 0 Å². The molecule has 1 fully saturated rings. The van der Waals surface area contributed by atoms with Gasteiger partial charge in [-0.05, 0) is 58.0 Å². The number of hydrogen-bond donors (Lipinski definition) is 2. The quantitative estimate of drug-likeness (QED) is 0.665. The molecule has 0 amide bonds. The molecular weight excluding hydrogens is 220 g/mol. The van der Waals surface area contributed by atoms with Crippen molar-refractivity contribution in [3.8, 4) is 0 Å². The molecule has 0 bridgehead atoms. The van der Waals surface area contributed by atoms with E-state index in [0.29, 0.717) is 11.4 Å². The fourth-order valence-electron chi connectivity index (χ4n) is 2.30. The minimum atomic E-state index is 0.336. The monoisotopic (exact) mass is 246 g/mol. The van der Waals surface area contributed by atoms with Crippen LogP contribution in [0.5, 0.6) is 0 Å². The van der Waals surface area contributed by atoms with Crippen molar-refractivity contribution in [1.29, 1.82) is 0 Å². The summed E-state index contributed by atoms with van der Waals surface area (Å²) >= 11 is 1.94. The van der Waals surface area contributed by atoms with Gasteiger partial charge >= 0.3 is 0 Å². The molecule has 96 valence electrons. The average Bonchev–Trinajstić information content (AvgIpc) is 2.36. The van der Waals surface area contributed by atoms with Crippen LogP contribution in [0.4, 0.5) is 0 Å². The maximum atomic E-state index is 8.71. The van der Waals surface area contributed by atoms with E-state index in [1.54, 1.807) is 0 Å². The number of thioether (sulfide) groups is 1. The van der Waals surface area contributed by atoms with Crippen LogP contribution in [0, 0.1) is 0 Å². The smallest absolute Gasteiger partial charge is 0.0431 e. The first-order chi connectivity index (χ1) is 7.76. The minimum absolute atomic E-state index is 0.336. The second-order valence-corrected chi connectivity index (χ2v) is 5.99. The normalized spacial score (nSPS) is 21.2. The SMILES string of the molecule is CSC1(CN)CCN(CCCCCO)CC1. The van der Waals surface area contributed by atoms with Gasteiger partial charge in [0.25, 0.3) is 0 Å². The summed E-state index contributed by atoms with van der Waals surface area (Å²) in [5, 5.41) is 8.71. The summed E-state index contributed by atoms with van der Waals surface area (Å²) in [5.41, 5.74) is 5.87. The molecular formula is C12H26N2OS. The van der Waals surface area contributed by atoms with Crippen LogP contribution in [0.2, 0.25) is 0 Å². The highest BCUT2D eigenvalue weighted by molar-refractivity contribution is 8.00. The van der Waals surface area contributed by atoms with E-state index in [2.05, 4.69) is 11.2 Å². The number of aliphatic hydroxyl groups is 1. The molecule has 1 saturated heterocycles. The summed E-state index contributed by atoms with van der Waals surface area (Å²) in [4.78, 5) is 2.54. The lowest BCUT2D eigenvalue weighted by molar-refractivity contribution is 0.196. The maximum Gasteiger partial charge on any atom is 0.0431 e. The largest absolute Gasteiger partial charge is 0.396 e. The third-order valence-electron chi connectivity index (χ3n) is 3.70. The maximum absolute atomic E-state index is 8.71. The summed E-state index contributed by atoms with van der Waals surface area (Å²) in [6.45, 7) is 4.72. The van der Waals surface area contributed by atoms with Gasteiger partial charge in [-0.15, -0.1) is 0 Å². The minimum Gasteiger partial charge on any atom is -0.396 e. The van der Waals surface area contributed by atoms with Crippen molar-refractivity contribution in [3.63, 3.8) is 0 Å².